The zero-order valence-corrected chi connectivity index (χ0v) is 14.3. The summed E-state index contributed by atoms with van der Waals surface area (Å²) < 4.78 is 0.975. The van der Waals surface area contributed by atoms with Gasteiger partial charge in [0.05, 0.1) is 15.7 Å². The summed E-state index contributed by atoms with van der Waals surface area (Å²) in [6, 6.07) is 14.8. The molecule has 1 amide bonds. The normalized spacial score (nSPS) is 11.1. The molecule has 0 aliphatic rings. The van der Waals surface area contributed by atoms with Gasteiger partial charge in [-0.15, -0.1) is 11.3 Å². The number of aromatic nitrogens is 2. The molecule has 2 N–H and O–H groups in total. The molecule has 0 aliphatic carbocycles. The molecule has 0 aliphatic heterocycles. The Hall–Kier alpha value is -2.99. The summed E-state index contributed by atoms with van der Waals surface area (Å²) in [5.74, 6) is -0.255. The van der Waals surface area contributed by atoms with Crippen LogP contribution < -0.4 is 10.9 Å². The second-order valence-electron chi connectivity index (χ2n) is 5.71. The standard InChI is InChI=1S/C19H15N3O2S/c1-2-11-9-17(23)21-15-10-12(7-8-13(11)15)20-18(24)19-22-14-5-3-4-6-16(14)25-19/h3-10H,2H2,1H3,(H,20,24)(H,21,23). The van der Waals surface area contributed by atoms with Crippen LogP contribution in [0.1, 0.15) is 22.3 Å². The van der Waals surface area contributed by atoms with Crippen LogP contribution in [0.4, 0.5) is 5.69 Å². The van der Waals surface area contributed by atoms with Crippen LogP contribution in [0, 0.1) is 0 Å². The Morgan fingerprint density at radius 2 is 2.04 bits per heavy atom. The first kappa shape index (κ1) is 15.5. The summed E-state index contributed by atoms with van der Waals surface area (Å²) in [5, 5.41) is 4.26. The third-order valence-corrected chi connectivity index (χ3v) is 5.09. The van der Waals surface area contributed by atoms with Crippen molar-refractivity contribution in [1.82, 2.24) is 9.97 Å². The lowest BCUT2D eigenvalue weighted by molar-refractivity contribution is 0.102. The fourth-order valence-corrected chi connectivity index (χ4v) is 3.72. The number of aryl methyl sites for hydroxylation is 1. The molecule has 0 spiro atoms. The molecule has 0 unspecified atom stereocenters. The number of nitrogens with one attached hydrogen (secondary N) is 2. The molecule has 0 atom stereocenters. The summed E-state index contributed by atoms with van der Waals surface area (Å²) in [6.07, 6.45) is 0.776. The summed E-state index contributed by atoms with van der Waals surface area (Å²) in [6.45, 7) is 2.01. The smallest absolute Gasteiger partial charge is 0.284 e. The molecule has 0 bridgehead atoms. The number of H-pyrrole nitrogens is 1. The third-order valence-electron chi connectivity index (χ3n) is 4.06. The van der Waals surface area contributed by atoms with Crippen molar-refractivity contribution < 1.29 is 4.79 Å². The molecule has 5 nitrogen and oxygen atoms in total. The molecule has 2 aromatic heterocycles. The maximum absolute atomic E-state index is 12.5. The van der Waals surface area contributed by atoms with Crippen LogP contribution in [-0.4, -0.2) is 15.9 Å². The molecule has 6 heteroatoms. The highest BCUT2D eigenvalue weighted by atomic mass is 32.1. The van der Waals surface area contributed by atoms with Crippen molar-refractivity contribution in [3.05, 3.63) is 69.5 Å². The molecular weight excluding hydrogens is 334 g/mol. The van der Waals surface area contributed by atoms with Crippen LogP contribution in [0.15, 0.2) is 53.3 Å². The van der Waals surface area contributed by atoms with Gasteiger partial charge in [-0.25, -0.2) is 4.98 Å². The van der Waals surface area contributed by atoms with Crippen molar-refractivity contribution in [3.63, 3.8) is 0 Å². The van der Waals surface area contributed by atoms with Crippen LogP contribution >= 0.6 is 11.3 Å². The quantitative estimate of drug-likeness (QED) is 0.588. The van der Waals surface area contributed by atoms with Crippen LogP contribution in [0.3, 0.4) is 0 Å². The number of hydrogen-bond donors (Lipinski definition) is 2. The molecular formula is C19H15N3O2S. The predicted octanol–water partition coefficient (Wildman–Crippen LogP) is 3.95. The van der Waals surface area contributed by atoms with Gasteiger partial charge in [0.15, 0.2) is 5.01 Å². The van der Waals surface area contributed by atoms with Crippen LogP contribution in [0.2, 0.25) is 0 Å². The van der Waals surface area contributed by atoms with E-state index in [2.05, 4.69) is 15.3 Å². The first-order chi connectivity index (χ1) is 12.1. The van der Waals surface area contributed by atoms with E-state index in [0.717, 1.165) is 27.6 Å². The van der Waals surface area contributed by atoms with Gasteiger partial charge in [-0.2, -0.15) is 0 Å². The number of amides is 1. The van der Waals surface area contributed by atoms with Crippen LogP contribution in [-0.2, 0) is 6.42 Å². The predicted molar refractivity (Wildman–Crippen MR) is 102 cm³/mol. The Balaban J connectivity index is 1.67. The van der Waals surface area contributed by atoms with E-state index >= 15 is 0 Å². The van der Waals surface area contributed by atoms with E-state index in [9.17, 15) is 9.59 Å². The maximum Gasteiger partial charge on any atom is 0.284 e. The number of para-hydroxylation sites is 1. The fourth-order valence-electron chi connectivity index (χ4n) is 2.86. The molecule has 25 heavy (non-hydrogen) atoms. The van der Waals surface area contributed by atoms with Crippen molar-refractivity contribution in [1.29, 1.82) is 0 Å². The van der Waals surface area contributed by atoms with Crippen molar-refractivity contribution in [2.24, 2.45) is 0 Å². The molecule has 0 saturated heterocycles. The summed E-state index contributed by atoms with van der Waals surface area (Å²) in [5.41, 5.74) is 3.00. The Bertz CT molecular complexity index is 1130. The van der Waals surface area contributed by atoms with Crippen molar-refractivity contribution >= 4 is 44.1 Å². The number of thiazole rings is 1. The van der Waals surface area contributed by atoms with Gasteiger partial charge in [-0.05, 0) is 36.2 Å². The van der Waals surface area contributed by atoms with Gasteiger partial charge in [-0.3, -0.25) is 9.59 Å². The van der Waals surface area contributed by atoms with E-state index in [4.69, 9.17) is 0 Å². The lowest BCUT2D eigenvalue weighted by atomic mass is 10.1. The van der Waals surface area contributed by atoms with E-state index in [1.807, 2.05) is 43.3 Å². The number of rotatable bonds is 3. The lowest BCUT2D eigenvalue weighted by Gasteiger charge is -2.07. The fraction of sp³-hybridized carbons (Fsp3) is 0.105. The van der Waals surface area contributed by atoms with Crippen molar-refractivity contribution in [3.8, 4) is 0 Å². The average molecular weight is 349 g/mol. The molecule has 0 saturated carbocycles. The highest BCUT2D eigenvalue weighted by molar-refractivity contribution is 7.20. The number of pyridine rings is 1. The molecule has 0 radical (unpaired) electrons. The number of aromatic amines is 1. The Labute approximate surface area is 147 Å². The summed E-state index contributed by atoms with van der Waals surface area (Å²) >= 11 is 1.36. The molecule has 4 rings (SSSR count). The zero-order valence-electron chi connectivity index (χ0n) is 13.5. The highest BCUT2D eigenvalue weighted by Crippen LogP contribution is 2.24. The Morgan fingerprint density at radius 3 is 2.84 bits per heavy atom. The number of anilines is 1. The second-order valence-corrected chi connectivity index (χ2v) is 6.74. The summed E-state index contributed by atoms with van der Waals surface area (Å²) in [7, 11) is 0. The van der Waals surface area contributed by atoms with Gasteiger partial charge >= 0.3 is 0 Å². The van der Waals surface area contributed by atoms with Crippen LogP contribution in [0.25, 0.3) is 21.1 Å². The number of carbonyl (C=O) groups excluding carboxylic acids is 1. The Morgan fingerprint density at radius 1 is 1.20 bits per heavy atom. The number of benzene rings is 2. The van der Waals surface area contributed by atoms with Gasteiger partial charge in [-0.1, -0.05) is 25.1 Å². The van der Waals surface area contributed by atoms with Crippen molar-refractivity contribution in [2.75, 3.05) is 5.32 Å². The van der Waals surface area contributed by atoms with E-state index in [1.165, 1.54) is 11.3 Å². The molecule has 2 aromatic carbocycles. The first-order valence-corrected chi connectivity index (χ1v) is 8.78. The van der Waals surface area contributed by atoms with E-state index < -0.39 is 0 Å². The third kappa shape index (κ3) is 2.92. The van der Waals surface area contributed by atoms with E-state index in [-0.39, 0.29) is 11.5 Å². The number of carbonyl (C=O) groups is 1. The monoisotopic (exact) mass is 349 g/mol. The molecule has 4 aromatic rings. The minimum absolute atomic E-state index is 0.140. The Kier molecular flexibility index (Phi) is 3.82. The van der Waals surface area contributed by atoms with Gasteiger partial charge in [0.25, 0.3) is 5.91 Å². The van der Waals surface area contributed by atoms with Crippen molar-refractivity contribution in [2.45, 2.75) is 13.3 Å². The number of nitrogens with zero attached hydrogens (tertiary/aromatic N) is 1. The van der Waals surface area contributed by atoms with E-state index in [1.54, 1.807) is 12.1 Å². The highest BCUT2D eigenvalue weighted by Gasteiger charge is 2.13. The molecule has 0 fully saturated rings. The lowest BCUT2D eigenvalue weighted by Crippen LogP contribution is -2.12. The van der Waals surface area contributed by atoms with Gasteiger partial charge in [0, 0.05) is 17.1 Å². The van der Waals surface area contributed by atoms with Gasteiger partial charge < -0.3 is 10.3 Å². The van der Waals surface area contributed by atoms with Gasteiger partial charge in [0.1, 0.15) is 0 Å². The van der Waals surface area contributed by atoms with Crippen LogP contribution in [0.5, 0.6) is 0 Å². The molecule has 2 heterocycles. The van der Waals surface area contributed by atoms with Gasteiger partial charge in [0.2, 0.25) is 5.56 Å². The minimum Gasteiger partial charge on any atom is -0.322 e. The number of hydrogen-bond acceptors (Lipinski definition) is 4. The largest absolute Gasteiger partial charge is 0.322 e. The SMILES string of the molecule is CCc1cc(=O)[nH]c2cc(NC(=O)c3nc4ccccc4s3)ccc12. The second kappa shape index (κ2) is 6.14. The zero-order chi connectivity index (χ0) is 17.4. The number of fused-ring (bicyclic) bond motifs is 2. The maximum atomic E-state index is 12.5. The minimum atomic E-state index is -0.255. The molecule has 124 valence electrons. The average Bonchev–Trinajstić information content (AvgIpc) is 3.05. The first-order valence-electron chi connectivity index (χ1n) is 7.97. The topological polar surface area (TPSA) is 74.8 Å². The van der Waals surface area contributed by atoms with E-state index in [0.29, 0.717) is 16.2 Å². The summed E-state index contributed by atoms with van der Waals surface area (Å²) in [4.78, 5) is 31.4.